The third-order valence-electron chi connectivity index (χ3n) is 3.19. The molecule has 4 nitrogen and oxygen atoms in total. The highest BCUT2D eigenvalue weighted by atomic mass is 35.5. The van der Waals surface area contributed by atoms with E-state index in [1.54, 1.807) is 12.1 Å². The number of carbonyl (C=O) groups is 1. The largest absolute Gasteiger partial charge is 0.478 e. The Labute approximate surface area is 134 Å². The molecule has 1 aromatic heterocycles. The van der Waals surface area contributed by atoms with Gasteiger partial charge in [-0.15, -0.1) is 0 Å². The molecular formula is C16H8Cl2O4. The molecule has 1 N–H and O–H groups in total. The lowest BCUT2D eigenvalue weighted by molar-refractivity contribution is 0.0697. The second-order valence-electron chi connectivity index (χ2n) is 4.62. The summed E-state index contributed by atoms with van der Waals surface area (Å²) in [5.74, 6) is -0.694. The number of halogens is 2. The maximum atomic E-state index is 12.2. The van der Waals surface area contributed by atoms with Gasteiger partial charge in [0.05, 0.1) is 21.0 Å². The van der Waals surface area contributed by atoms with Gasteiger partial charge in [-0.3, -0.25) is 4.79 Å². The second kappa shape index (κ2) is 5.48. The molecule has 0 radical (unpaired) electrons. The summed E-state index contributed by atoms with van der Waals surface area (Å²) in [6, 6.07) is 10.3. The van der Waals surface area contributed by atoms with Crippen LogP contribution in [-0.4, -0.2) is 11.1 Å². The van der Waals surface area contributed by atoms with E-state index in [0.717, 1.165) is 0 Å². The number of rotatable bonds is 2. The molecule has 0 saturated heterocycles. The second-order valence-corrected chi connectivity index (χ2v) is 5.43. The zero-order chi connectivity index (χ0) is 15.9. The molecule has 0 spiro atoms. The van der Waals surface area contributed by atoms with Crippen molar-refractivity contribution in [1.29, 1.82) is 0 Å². The average Bonchev–Trinajstić information content (AvgIpc) is 2.49. The van der Waals surface area contributed by atoms with Crippen molar-refractivity contribution in [2.24, 2.45) is 0 Å². The van der Waals surface area contributed by atoms with E-state index in [0.29, 0.717) is 22.3 Å². The summed E-state index contributed by atoms with van der Waals surface area (Å²) in [6.07, 6.45) is 0. The Morgan fingerprint density at radius 1 is 1.00 bits per heavy atom. The number of aromatic carboxylic acids is 1. The first-order valence-corrected chi connectivity index (χ1v) is 6.98. The Balaban J connectivity index is 2.17. The summed E-state index contributed by atoms with van der Waals surface area (Å²) in [5.41, 5.74) is 0.813. The van der Waals surface area contributed by atoms with Gasteiger partial charge in [0.1, 0.15) is 11.3 Å². The monoisotopic (exact) mass is 334 g/mol. The topological polar surface area (TPSA) is 67.5 Å². The molecule has 0 aliphatic heterocycles. The fourth-order valence-electron chi connectivity index (χ4n) is 2.07. The van der Waals surface area contributed by atoms with Crippen LogP contribution < -0.4 is 5.43 Å². The van der Waals surface area contributed by atoms with Crippen LogP contribution in [0.2, 0.25) is 10.0 Å². The molecule has 3 aromatic rings. The molecule has 0 aliphatic rings. The maximum absolute atomic E-state index is 12.2. The normalized spacial score (nSPS) is 10.8. The van der Waals surface area contributed by atoms with Crippen molar-refractivity contribution < 1.29 is 14.3 Å². The zero-order valence-corrected chi connectivity index (χ0v) is 12.5. The van der Waals surface area contributed by atoms with Gasteiger partial charge in [0, 0.05) is 17.7 Å². The molecule has 0 bridgehead atoms. The molecule has 0 unspecified atom stereocenters. The first-order chi connectivity index (χ1) is 10.5. The predicted octanol–water partition coefficient (Wildman–Crippen LogP) is 4.47. The smallest absolute Gasteiger partial charge is 0.335 e. The lowest BCUT2D eigenvalue weighted by Gasteiger charge is -2.05. The van der Waals surface area contributed by atoms with Crippen molar-refractivity contribution in [3.63, 3.8) is 0 Å². The van der Waals surface area contributed by atoms with E-state index >= 15 is 0 Å². The van der Waals surface area contributed by atoms with Crippen LogP contribution in [0.3, 0.4) is 0 Å². The van der Waals surface area contributed by atoms with Crippen LogP contribution in [0.4, 0.5) is 0 Å². The molecule has 0 amide bonds. The van der Waals surface area contributed by atoms with E-state index in [9.17, 15) is 9.59 Å². The first-order valence-electron chi connectivity index (χ1n) is 6.22. The van der Waals surface area contributed by atoms with Crippen molar-refractivity contribution in [3.05, 3.63) is 68.3 Å². The predicted molar refractivity (Wildman–Crippen MR) is 84.9 cm³/mol. The van der Waals surface area contributed by atoms with Crippen LogP contribution >= 0.6 is 23.2 Å². The molecule has 0 fully saturated rings. The van der Waals surface area contributed by atoms with Gasteiger partial charge in [0.25, 0.3) is 0 Å². The van der Waals surface area contributed by atoms with E-state index in [4.69, 9.17) is 32.7 Å². The molecule has 22 heavy (non-hydrogen) atoms. The van der Waals surface area contributed by atoms with Crippen LogP contribution in [0.5, 0.6) is 0 Å². The summed E-state index contributed by atoms with van der Waals surface area (Å²) < 4.78 is 5.67. The first kappa shape index (κ1) is 14.6. The van der Waals surface area contributed by atoms with E-state index in [-0.39, 0.29) is 21.0 Å². The highest BCUT2D eigenvalue weighted by Gasteiger charge is 2.10. The fourth-order valence-corrected chi connectivity index (χ4v) is 2.39. The van der Waals surface area contributed by atoms with Gasteiger partial charge in [0.2, 0.25) is 0 Å². The summed E-state index contributed by atoms with van der Waals surface area (Å²) >= 11 is 11.8. The Morgan fingerprint density at radius 2 is 1.64 bits per heavy atom. The van der Waals surface area contributed by atoms with E-state index in [1.807, 2.05) is 0 Å². The van der Waals surface area contributed by atoms with E-state index < -0.39 is 5.97 Å². The van der Waals surface area contributed by atoms with Crippen LogP contribution in [0.25, 0.3) is 22.3 Å². The zero-order valence-electron chi connectivity index (χ0n) is 11.0. The van der Waals surface area contributed by atoms with Gasteiger partial charge < -0.3 is 9.52 Å². The molecule has 2 aromatic carbocycles. The summed E-state index contributed by atoms with van der Waals surface area (Å²) in [5, 5.41) is 9.79. The van der Waals surface area contributed by atoms with Crippen LogP contribution in [0.15, 0.2) is 51.7 Å². The van der Waals surface area contributed by atoms with Gasteiger partial charge >= 0.3 is 5.97 Å². The van der Waals surface area contributed by atoms with Crippen molar-refractivity contribution in [3.8, 4) is 11.3 Å². The van der Waals surface area contributed by atoms with Gasteiger partial charge in [-0.2, -0.15) is 0 Å². The molecule has 1 heterocycles. The molecular weight excluding hydrogens is 327 g/mol. The molecule has 0 saturated carbocycles. The third kappa shape index (κ3) is 2.58. The Morgan fingerprint density at radius 3 is 2.27 bits per heavy atom. The highest BCUT2D eigenvalue weighted by Crippen LogP contribution is 2.29. The van der Waals surface area contributed by atoms with Crippen molar-refractivity contribution >= 4 is 40.1 Å². The molecule has 6 heteroatoms. The Hall–Kier alpha value is -2.30. The lowest BCUT2D eigenvalue weighted by atomic mass is 10.1. The van der Waals surface area contributed by atoms with Crippen LogP contribution in [0.1, 0.15) is 10.4 Å². The lowest BCUT2D eigenvalue weighted by Crippen LogP contribution is -2.01. The standard InChI is InChI=1S/C16H8Cl2O4/c17-11-5-10-13(19)7-14(22-15(10)6-12(11)18)8-1-3-9(4-2-8)16(20)21/h1-7H,(H,20,21). The minimum Gasteiger partial charge on any atom is -0.478 e. The summed E-state index contributed by atoms with van der Waals surface area (Å²) in [6.45, 7) is 0. The van der Waals surface area contributed by atoms with Crippen molar-refractivity contribution in [2.75, 3.05) is 0 Å². The SMILES string of the molecule is O=C(O)c1ccc(-c2cc(=O)c3cc(Cl)c(Cl)cc3o2)cc1. The van der Waals surface area contributed by atoms with Crippen molar-refractivity contribution in [2.45, 2.75) is 0 Å². The quantitative estimate of drug-likeness (QED) is 0.750. The molecule has 0 atom stereocenters. The number of hydrogen-bond acceptors (Lipinski definition) is 3. The van der Waals surface area contributed by atoms with Crippen LogP contribution in [0, 0.1) is 0 Å². The van der Waals surface area contributed by atoms with Crippen LogP contribution in [-0.2, 0) is 0 Å². The maximum Gasteiger partial charge on any atom is 0.335 e. The fraction of sp³-hybridized carbons (Fsp3) is 0. The summed E-state index contributed by atoms with van der Waals surface area (Å²) in [4.78, 5) is 23.0. The van der Waals surface area contributed by atoms with Gasteiger partial charge in [-0.1, -0.05) is 35.3 Å². The number of benzene rings is 2. The minimum atomic E-state index is -1.02. The summed E-state index contributed by atoms with van der Waals surface area (Å²) in [7, 11) is 0. The van der Waals surface area contributed by atoms with Gasteiger partial charge in [0.15, 0.2) is 5.43 Å². The van der Waals surface area contributed by atoms with E-state index in [2.05, 4.69) is 0 Å². The Bertz CT molecular complexity index is 943. The number of hydrogen-bond donors (Lipinski definition) is 1. The van der Waals surface area contributed by atoms with Gasteiger partial charge in [-0.25, -0.2) is 4.79 Å². The molecule has 0 aliphatic carbocycles. The van der Waals surface area contributed by atoms with Crippen molar-refractivity contribution in [1.82, 2.24) is 0 Å². The molecule has 110 valence electrons. The Kier molecular flexibility index (Phi) is 3.64. The third-order valence-corrected chi connectivity index (χ3v) is 3.91. The minimum absolute atomic E-state index is 0.154. The van der Waals surface area contributed by atoms with E-state index in [1.165, 1.54) is 30.3 Å². The molecule has 3 rings (SSSR count). The highest BCUT2D eigenvalue weighted by molar-refractivity contribution is 6.42. The van der Waals surface area contributed by atoms with Gasteiger partial charge in [-0.05, 0) is 18.2 Å². The number of carboxylic acids is 1. The number of carboxylic acid groups (broad SMARTS) is 1. The average molecular weight is 335 g/mol. The number of fused-ring (bicyclic) bond motifs is 1.